The molecule has 8 heteroatoms. The highest BCUT2D eigenvalue weighted by Crippen LogP contribution is 2.26. The minimum absolute atomic E-state index is 0.159. The number of hydrogen-bond acceptors (Lipinski definition) is 5. The van der Waals surface area contributed by atoms with Gasteiger partial charge >= 0.3 is 5.97 Å². The van der Waals surface area contributed by atoms with Crippen molar-refractivity contribution >= 4 is 41.0 Å². The number of carbonyl (C=O) groups is 4. The Balaban J connectivity index is 1.75. The average molecular weight is 387 g/mol. The second kappa shape index (κ2) is 7.59. The van der Waals surface area contributed by atoms with Crippen LogP contribution in [0.2, 0.25) is 5.02 Å². The molecule has 0 radical (unpaired) electrons. The molecule has 3 amide bonds. The average Bonchev–Trinajstić information content (AvgIpc) is 2.86. The normalized spacial score (nSPS) is 12.7. The van der Waals surface area contributed by atoms with E-state index in [-0.39, 0.29) is 29.0 Å². The van der Waals surface area contributed by atoms with Crippen molar-refractivity contribution in [3.63, 3.8) is 0 Å². The molecule has 0 fully saturated rings. The van der Waals surface area contributed by atoms with E-state index in [4.69, 9.17) is 16.3 Å². The predicted octanol–water partition coefficient (Wildman–Crippen LogP) is 2.75. The molecule has 0 saturated carbocycles. The topological polar surface area (TPSA) is 92.8 Å². The maximum Gasteiger partial charge on any atom is 0.340 e. The largest absolute Gasteiger partial charge is 0.462 e. The molecule has 0 saturated heterocycles. The van der Waals surface area contributed by atoms with Gasteiger partial charge in [-0.3, -0.25) is 19.3 Å². The van der Waals surface area contributed by atoms with Gasteiger partial charge in [-0.2, -0.15) is 0 Å². The van der Waals surface area contributed by atoms with Gasteiger partial charge in [0.05, 0.1) is 29.0 Å². The zero-order chi connectivity index (χ0) is 19.6. The smallest absolute Gasteiger partial charge is 0.340 e. The summed E-state index contributed by atoms with van der Waals surface area (Å²) in [4.78, 5) is 50.0. The summed E-state index contributed by atoms with van der Waals surface area (Å²) < 4.78 is 4.95. The van der Waals surface area contributed by atoms with E-state index >= 15 is 0 Å². The van der Waals surface area contributed by atoms with Crippen LogP contribution in [-0.4, -0.2) is 41.7 Å². The summed E-state index contributed by atoms with van der Waals surface area (Å²) in [5.74, 6) is -2.36. The van der Waals surface area contributed by atoms with Gasteiger partial charge in [-0.15, -0.1) is 0 Å². The molecule has 27 heavy (non-hydrogen) atoms. The van der Waals surface area contributed by atoms with Crippen LogP contribution in [0.4, 0.5) is 5.69 Å². The van der Waals surface area contributed by atoms with E-state index in [0.717, 1.165) is 4.90 Å². The Morgan fingerprint density at radius 3 is 2.52 bits per heavy atom. The van der Waals surface area contributed by atoms with Gasteiger partial charge in [0.25, 0.3) is 11.8 Å². The monoisotopic (exact) mass is 386 g/mol. The molecule has 1 N–H and O–H groups in total. The first kappa shape index (κ1) is 18.6. The van der Waals surface area contributed by atoms with Crippen molar-refractivity contribution in [1.82, 2.24) is 4.90 Å². The van der Waals surface area contributed by atoms with Gasteiger partial charge in [-0.05, 0) is 37.3 Å². The molecule has 7 nitrogen and oxygen atoms in total. The van der Waals surface area contributed by atoms with Gasteiger partial charge in [0, 0.05) is 5.02 Å². The number of esters is 1. The summed E-state index contributed by atoms with van der Waals surface area (Å²) in [6.07, 6.45) is 0. The molecule has 0 aliphatic carbocycles. The predicted molar refractivity (Wildman–Crippen MR) is 97.8 cm³/mol. The van der Waals surface area contributed by atoms with Gasteiger partial charge in [0.15, 0.2) is 0 Å². The van der Waals surface area contributed by atoms with E-state index < -0.39 is 30.2 Å². The zero-order valence-corrected chi connectivity index (χ0v) is 15.1. The van der Waals surface area contributed by atoms with E-state index in [9.17, 15) is 19.2 Å². The Labute approximate surface area is 159 Å². The molecular formula is C19H15ClN2O5. The van der Waals surface area contributed by atoms with Crippen molar-refractivity contribution in [2.75, 3.05) is 18.5 Å². The highest BCUT2D eigenvalue weighted by molar-refractivity contribution is 6.32. The lowest BCUT2D eigenvalue weighted by Gasteiger charge is -2.15. The number of halogens is 1. The molecule has 138 valence electrons. The van der Waals surface area contributed by atoms with Crippen molar-refractivity contribution in [1.29, 1.82) is 0 Å². The van der Waals surface area contributed by atoms with E-state index in [1.807, 2.05) is 0 Å². The second-order valence-electron chi connectivity index (χ2n) is 5.70. The minimum atomic E-state index is -0.618. The molecule has 0 bridgehead atoms. The van der Waals surface area contributed by atoms with Crippen LogP contribution in [0, 0.1) is 0 Å². The number of amides is 3. The number of hydrogen-bond donors (Lipinski definition) is 1. The molecule has 0 spiro atoms. The van der Waals surface area contributed by atoms with E-state index in [2.05, 4.69) is 5.32 Å². The number of imide groups is 1. The number of anilines is 1. The number of para-hydroxylation sites is 1. The Morgan fingerprint density at radius 1 is 1.07 bits per heavy atom. The number of carbonyl (C=O) groups excluding carboxylic acids is 4. The SMILES string of the molecule is CCOC(=O)c1ccccc1NC(=O)CN1C(=O)c2ccc(Cl)cc2C1=O. The standard InChI is InChI=1S/C19H15ClN2O5/c1-2-27-19(26)13-5-3-4-6-15(13)21-16(23)10-22-17(24)12-8-7-11(20)9-14(12)18(22)25/h3-9H,2,10H2,1H3,(H,21,23). The van der Waals surface area contributed by atoms with Gasteiger partial charge in [0.2, 0.25) is 5.91 Å². The van der Waals surface area contributed by atoms with Crippen LogP contribution in [-0.2, 0) is 9.53 Å². The first-order valence-corrected chi connectivity index (χ1v) is 8.52. The third-order valence-electron chi connectivity index (χ3n) is 3.93. The van der Waals surface area contributed by atoms with E-state index in [1.54, 1.807) is 19.1 Å². The summed E-state index contributed by atoms with van der Waals surface area (Å²) in [6.45, 7) is 1.38. The maximum atomic E-state index is 12.4. The Morgan fingerprint density at radius 2 is 1.78 bits per heavy atom. The molecule has 0 aromatic heterocycles. The molecule has 1 heterocycles. The summed E-state index contributed by atoms with van der Waals surface area (Å²) in [6, 6.07) is 10.7. The molecule has 0 unspecified atom stereocenters. The quantitative estimate of drug-likeness (QED) is 0.630. The van der Waals surface area contributed by atoms with Crippen LogP contribution >= 0.6 is 11.6 Å². The van der Waals surface area contributed by atoms with Crippen LogP contribution in [0.25, 0.3) is 0 Å². The summed E-state index contributed by atoms with van der Waals surface area (Å²) in [5, 5.41) is 2.87. The Hall–Kier alpha value is -3.19. The lowest BCUT2D eigenvalue weighted by Crippen LogP contribution is -2.37. The molecular weight excluding hydrogens is 372 g/mol. The fraction of sp³-hybridized carbons (Fsp3) is 0.158. The minimum Gasteiger partial charge on any atom is -0.462 e. The Bertz CT molecular complexity index is 957. The van der Waals surface area contributed by atoms with Gasteiger partial charge in [-0.1, -0.05) is 23.7 Å². The third-order valence-corrected chi connectivity index (χ3v) is 4.17. The first-order valence-electron chi connectivity index (χ1n) is 8.14. The second-order valence-corrected chi connectivity index (χ2v) is 6.14. The third kappa shape index (κ3) is 3.68. The zero-order valence-electron chi connectivity index (χ0n) is 14.3. The molecule has 1 aliphatic heterocycles. The molecule has 3 rings (SSSR count). The van der Waals surface area contributed by atoms with Crippen LogP contribution in [0.15, 0.2) is 42.5 Å². The van der Waals surface area contributed by atoms with E-state index in [0.29, 0.717) is 5.02 Å². The van der Waals surface area contributed by atoms with Gasteiger partial charge < -0.3 is 10.1 Å². The van der Waals surface area contributed by atoms with Crippen LogP contribution in [0.3, 0.4) is 0 Å². The van der Waals surface area contributed by atoms with Crippen molar-refractivity contribution in [3.05, 3.63) is 64.2 Å². The number of nitrogens with one attached hydrogen (secondary N) is 1. The van der Waals surface area contributed by atoms with Crippen LogP contribution < -0.4 is 5.32 Å². The van der Waals surface area contributed by atoms with E-state index in [1.165, 1.54) is 30.3 Å². The first-order chi connectivity index (χ1) is 12.9. The number of fused-ring (bicyclic) bond motifs is 1. The van der Waals surface area contributed by atoms with Crippen molar-refractivity contribution in [2.24, 2.45) is 0 Å². The number of rotatable bonds is 5. The summed E-state index contributed by atoms with van der Waals surface area (Å²) >= 11 is 5.86. The fourth-order valence-electron chi connectivity index (χ4n) is 2.72. The molecule has 0 atom stereocenters. The Kier molecular flexibility index (Phi) is 5.23. The maximum absolute atomic E-state index is 12.4. The highest BCUT2D eigenvalue weighted by atomic mass is 35.5. The van der Waals surface area contributed by atoms with Crippen molar-refractivity contribution < 1.29 is 23.9 Å². The van der Waals surface area contributed by atoms with Crippen LogP contribution in [0.1, 0.15) is 38.0 Å². The summed E-state index contributed by atoms with van der Waals surface area (Å²) in [7, 11) is 0. The highest BCUT2D eigenvalue weighted by Gasteiger charge is 2.36. The lowest BCUT2D eigenvalue weighted by atomic mass is 10.1. The van der Waals surface area contributed by atoms with Crippen molar-refractivity contribution in [3.8, 4) is 0 Å². The molecule has 2 aromatic rings. The van der Waals surface area contributed by atoms with Crippen LogP contribution in [0.5, 0.6) is 0 Å². The van der Waals surface area contributed by atoms with Crippen molar-refractivity contribution in [2.45, 2.75) is 6.92 Å². The number of nitrogens with zero attached hydrogens (tertiary/aromatic N) is 1. The molecule has 1 aliphatic rings. The summed E-state index contributed by atoms with van der Waals surface area (Å²) in [5.41, 5.74) is 0.777. The fourth-order valence-corrected chi connectivity index (χ4v) is 2.89. The number of ether oxygens (including phenoxy) is 1. The number of benzene rings is 2. The van der Waals surface area contributed by atoms with Gasteiger partial charge in [-0.25, -0.2) is 4.79 Å². The molecule has 2 aromatic carbocycles. The lowest BCUT2D eigenvalue weighted by molar-refractivity contribution is -0.116. The van der Waals surface area contributed by atoms with Gasteiger partial charge in [0.1, 0.15) is 6.54 Å².